The maximum absolute atomic E-state index is 11.5. The van der Waals surface area contributed by atoms with Gasteiger partial charge in [0, 0.05) is 25.9 Å². The average Bonchev–Trinajstić information content (AvgIpc) is 2.87. The number of halogens is 1. The van der Waals surface area contributed by atoms with E-state index >= 15 is 0 Å². The molecule has 0 bridgehead atoms. The molecule has 1 aliphatic heterocycles. The molecule has 19 heavy (non-hydrogen) atoms. The molecule has 2 amide bonds. The van der Waals surface area contributed by atoms with Crippen molar-refractivity contribution in [1.29, 1.82) is 0 Å². The first kappa shape index (κ1) is 18.2. The summed E-state index contributed by atoms with van der Waals surface area (Å²) in [6.07, 6.45) is 3.73. The first-order valence-electron chi connectivity index (χ1n) is 6.96. The fourth-order valence-corrected chi connectivity index (χ4v) is 2.04. The molecule has 1 saturated heterocycles. The zero-order valence-electron chi connectivity index (χ0n) is 11.7. The highest BCUT2D eigenvalue weighted by molar-refractivity contribution is 5.85. The number of amides is 2. The van der Waals surface area contributed by atoms with Crippen molar-refractivity contribution >= 4 is 24.2 Å². The van der Waals surface area contributed by atoms with E-state index < -0.39 is 0 Å². The summed E-state index contributed by atoms with van der Waals surface area (Å²) < 4.78 is 0. The summed E-state index contributed by atoms with van der Waals surface area (Å²) in [4.78, 5) is 22.8. The fraction of sp³-hybridized carbons (Fsp3) is 0.846. The topological polar surface area (TPSA) is 70.2 Å². The van der Waals surface area contributed by atoms with E-state index in [1.165, 1.54) is 6.42 Å². The minimum Gasteiger partial charge on any atom is -0.356 e. The molecule has 1 heterocycles. The lowest BCUT2D eigenvalue weighted by Gasteiger charge is -2.09. The third-order valence-electron chi connectivity index (χ3n) is 3.19. The molecule has 1 rings (SSSR count). The SMILES string of the molecule is CCCNC(=O)CCC(=O)NCCC1CCNC1.Cl. The Morgan fingerprint density at radius 1 is 1.16 bits per heavy atom. The first-order valence-corrected chi connectivity index (χ1v) is 6.96. The highest BCUT2D eigenvalue weighted by Gasteiger charge is 2.14. The van der Waals surface area contributed by atoms with Crippen LogP contribution in [-0.4, -0.2) is 38.0 Å². The van der Waals surface area contributed by atoms with Gasteiger partial charge in [-0.25, -0.2) is 0 Å². The molecule has 1 fully saturated rings. The van der Waals surface area contributed by atoms with Gasteiger partial charge in [-0.05, 0) is 38.3 Å². The zero-order chi connectivity index (χ0) is 13.2. The van der Waals surface area contributed by atoms with Crippen molar-refractivity contribution in [2.75, 3.05) is 26.2 Å². The molecule has 0 radical (unpaired) electrons. The van der Waals surface area contributed by atoms with Crippen LogP contribution >= 0.6 is 12.4 Å². The standard InChI is InChI=1S/C13H25N3O2.ClH/c1-2-7-15-12(17)3-4-13(18)16-9-6-11-5-8-14-10-11;/h11,14H,2-10H2,1H3,(H,15,17)(H,16,18);1H. The van der Waals surface area contributed by atoms with Crippen LogP contribution in [0.15, 0.2) is 0 Å². The molecule has 0 aromatic heterocycles. The van der Waals surface area contributed by atoms with E-state index in [9.17, 15) is 9.59 Å². The van der Waals surface area contributed by atoms with E-state index in [4.69, 9.17) is 0 Å². The Morgan fingerprint density at radius 2 is 1.79 bits per heavy atom. The summed E-state index contributed by atoms with van der Waals surface area (Å²) in [6, 6.07) is 0. The van der Waals surface area contributed by atoms with Crippen molar-refractivity contribution in [1.82, 2.24) is 16.0 Å². The van der Waals surface area contributed by atoms with Crippen molar-refractivity contribution in [2.45, 2.75) is 39.0 Å². The van der Waals surface area contributed by atoms with Crippen LogP contribution in [0.5, 0.6) is 0 Å². The van der Waals surface area contributed by atoms with Gasteiger partial charge in [0.05, 0.1) is 0 Å². The van der Waals surface area contributed by atoms with Crippen molar-refractivity contribution < 1.29 is 9.59 Å². The monoisotopic (exact) mass is 291 g/mol. The molecule has 5 nitrogen and oxygen atoms in total. The average molecular weight is 292 g/mol. The van der Waals surface area contributed by atoms with Gasteiger partial charge in [0.2, 0.25) is 11.8 Å². The van der Waals surface area contributed by atoms with Gasteiger partial charge in [-0.1, -0.05) is 6.92 Å². The third-order valence-corrected chi connectivity index (χ3v) is 3.19. The normalized spacial score (nSPS) is 17.6. The molecule has 112 valence electrons. The Bertz CT molecular complexity index is 269. The first-order chi connectivity index (χ1) is 8.72. The second-order valence-electron chi connectivity index (χ2n) is 4.85. The van der Waals surface area contributed by atoms with Gasteiger partial charge in [-0.2, -0.15) is 0 Å². The maximum Gasteiger partial charge on any atom is 0.220 e. The lowest BCUT2D eigenvalue weighted by Crippen LogP contribution is -2.29. The Hall–Kier alpha value is -0.810. The predicted octanol–water partition coefficient (Wildman–Crippen LogP) is 0.830. The fourth-order valence-electron chi connectivity index (χ4n) is 2.04. The highest BCUT2D eigenvalue weighted by Crippen LogP contribution is 2.10. The van der Waals surface area contributed by atoms with Gasteiger partial charge in [-0.15, -0.1) is 12.4 Å². The molecule has 1 unspecified atom stereocenters. The molecule has 3 N–H and O–H groups in total. The van der Waals surface area contributed by atoms with E-state index in [1.54, 1.807) is 0 Å². The molecule has 6 heteroatoms. The molecule has 0 aromatic rings. The summed E-state index contributed by atoms with van der Waals surface area (Å²) in [5.41, 5.74) is 0. The van der Waals surface area contributed by atoms with Crippen molar-refractivity contribution in [3.63, 3.8) is 0 Å². The summed E-state index contributed by atoms with van der Waals surface area (Å²) in [6.45, 7) is 5.58. The zero-order valence-corrected chi connectivity index (χ0v) is 12.5. The maximum atomic E-state index is 11.5. The Morgan fingerprint density at radius 3 is 2.32 bits per heavy atom. The van der Waals surface area contributed by atoms with Crippen molar-refractivity contribution in [3.8, 4) is 0 Å². The number of hydrogen-bond acceptors (Lipinski definition) is 3. The Kier molecular flexibility index (Phi) is 10.6. The lowest BCUT2D eigenvalue weighted by molar-refractivity contribution is -0.126. The minimum absolute atomic E-state index is 0. The van der Waals surface area contributed by atoms with Crippen LogP contribution in [0.4, 0.5) is 0 Å². The second kappa shape index (κ2) is 11.1. The van der Waals surface area contributed by atoms with Crippen LogP contribution in [0, 0.1) is 5.92 Å². The number of nitrogens with one attached hydrogen (secondary N) is 3. The molecule has 0 aliphatic carbocycles. The summed E-state index contributed by atoms with van der Waals surface area (Å²) in [5, 5.41) is 8.94. The van der Waals surface area contributed by atoms with Gasteiger partial charge >= 0.3 is 0 Å². The summed E-state index contributed by atoms with van der Waals surface area (Å²) in [5.74, 6) is 0.637. The Balaban J connectivity index is 0.00000324. The van der Waals surface area contributed by atoms with Crippen LogP contribution in [0.25, 0.3) is 0 Å². The van der Waals surface area contributed by atoms with E-state index in [1.807, 2.05) is 6.92 Å². The van der Waals surface area contributed by atoms with Gasteiger partial charge in [0.25, 0.3) is 0 Å². The van der Waals surface area contributed by atoms with Crippen molar-refractivity contribution in [3.05, 3.63) is 0 Å². The second-order valence-corrected chi connectivity index (χ2v) is 4.85. The third kappa shape index (κ3) is 8.83. The van der Waals surface area contributed by atoms with Crippen LogP contribution in [0.3, 0.4) is 0 Å². The van der Waals surface area contributed by atoms with Gasteiger partial charge in [0.1, 0.15) is 0 Å². The largest absolute Gasteiger partial charge is 0.356 e. The molecular formula is C13H26ClN3O2. The number of hydrogen-bond donors (Lipinski definition) is 3. The van der Waals surface area contributed by atoms with E-state index in [2.05, 4.69) is 16.0 Å². The Labute approximate surface area is 121 Å². The number of carbonyl (C=O) groups excluding carboxylic acids is 2. The molecule has 0 spiro atoms. The minimum atomic E-state index is -0.0352. The van der Waals surface area contributed by atoms with Crippen LogP contribution in [0.1, 0.15) is 39.0 Å². The van der Waals surface area contributed by atoms with E-state index in [-0.39, 0.29) is 30.6 Å². The summed E-state index contributed by atoms with van der Waals surface area (Å²) in [7, 11) is 0. The highest BCUT2D eigenvalue weighted by atomic mass is 35.5. The molecule has 1 aliphatic rings. The van der Waals surface area contributed by atoms with Gasteiger partial charge < -0.3 is 16.0 Å². The summed E-state index contributed by atoms with van der Waals surface area (Å²) >= 11 is 0. The van der Waals surface area contributed by atoms with Gasteiger partial charge in [-0.3, -0.25) is 9.59 Å². The lowest BCUT2D eigenvalue weighted by atomic mass is 10.1. The number of carbonyl (C=O) groups is 2. The van der Waals surface area contributed by atoms with E-state index in [0.29, 0.717) is 18.9 Å². The molecule has 1 atom stereocenters. The van der Waals surface area contributed by atoms with Crippen molar-refractivity contribution in [2.24, 2.45) is 5.92 Å². The smallest absolute Gasteiger partial charge is 0.220 e. The molecule has 0 aromatic carbocycles. The van der Waals surface area contributed by atoms with Crippen LogP contribution < -0.4 is 16.0 Å². The molecule has 0 saturated carbocycles. The van der Waals surface area contributed by atoms with Crippen LogP contribution in [-0.2, 0) is 9.59 Å². The number of rotatable bonds is 8. The quantitative estimate of drug-likeness (QED) is 0.620. The van der Waals surface area contributed by atoms with Gasteiger partial charge in [0.15, 0.2) is 0 Å². The van der Waals surface area contributed by atoms with E-state index in [0.717, 1.165) is 32.5 Å². The molecular weight excluding hydrogens is 266 g/mol. The predicted molar refractivity (Wildman–Crippen MR) is 78.4 cm³/mol. The van der Waals surface area contributed by atoms with Crippen LogP contribution in [0.2, 0.25) is 0 Å².